The predicted molar refractivity (Wildman–Crippen MR) is 57.0 cm³/mol. The fourth-order valence-corrected chi connectivity index (χ4v) is 1.18. The zero-order chi connectivity index (χ0) is 9.68. The summed E-state index contributed by atoms with van der Waals surface area (Å²) in [5, 5.41) is 0.753. The average Bonchev–Trinajstić information content (AvgIpc) is 2.15. The SMILES string of the molecule is C=C(CCOC)c1ccc(Cl)cc1. The third kappa shape index (κ3) is 3.21. The zero-order valence-corrected chi connectivity index (χ0v) is 8.47. The largest absolute Gasteiger partial charge is 0.384 e. The molecule has 0 aliphatic rings. The van der Waals surface area contributed by atoms with Gasteiger partial charge in [0, 0.05) is 12.1 Å². The van der Waals surface area contributed by atoms with Crippen LogP contribution in [0.5, 0.6) is 0 Å². The Morgan fingerprint density at radius 2 is 2.00 bits per heavy atom. The number of halogens is 1. The van der Waals surface area contributed by atoms with Crippen molar-refractivity contribution >= 4 is 17.2 Å². The van der Waals surface area contributed by atoms with Crippen LogP contribution in [0.1, 0.15) is 12.0 Å². The summed E-state index contributed by atoms with van der Waals surface area (Å²) < 4.78 is 4.97. The lowest BCUT2D eigenvalue weighted by Gasteiger charge is -2.04. The third-order valence-corrected chi connectivity index (χ3v) is 2.11. The summed E-state index contributed by atoms with van der Waals surface area (Å²) >= 11 is 5.77. The monoisotopic (exact) mass is 196 g/mol. The van der Waals surface area contributed by atoms with Crippen molar-refractivity contribution in [3.05, 3.63) is 41.4 Å². The highest BCUT2D eigenvalue weighted by molar-refractivity contribution is 6.30. The Kier molecular flexibility index (Phi) is 4.00. The molecule has 0 aliphatic carbocycles. The Labute approximate surface area is 84.0 Å². The van der Waals surface area contributed by atoms with Gasteiger partial charge in [-0.2, -0.15) is 0 Å². The van der Waals surface area contributed by atoms with Gasteiger partial charge >= 0.3 is 0 Å². The molecule has 0 atom stereocenters. The maximum absolute atomic E-state index is 5.77. The van der Waals surface area contributed by atoms with E-state index in [-0.39, 0.29) is 0 Å². The molecule has 2 heteroatoms. The fraction of sp³-hybridized carbons (Fsp3) is 0.273. The first-order chi connectivity index (χ1) is 6.24. The smallest absolute Gasteiger partial charge is 0.0502 e. The highest BCUT2D eigenvalue weighted by Gasteiger charge is 1.97. The van der Waals surface area contributed by atoms with Crippen molar-refractivity contribution in [2.45, 2.75) is 6.42 Å². The first-order valence-electron chi connectivity index (χ1n) is 4.16. The summed E-state index contributed by atoms with van der Waals surface area (Å²) in [5.74, 6) is 0. The van der Waals surface area contributed by atoms with E-state index in [1.54, 1.807) is 7.11 Å². The standard InChI is InChI=1S/C11H13ClO/c1-9(7-8-13-2)10-3-5-11(12)6-4-10/h3-6H,1,7-8H2,2H3. The molecule has 1 rings (SSSR count). The van der Waals surface area contributed by atoms with E-state index in [0.29, 0.717) is 6.61 Å². The lowest BCUT2D eigenvalue weighted by Crippen LogP contribution is -1.90. The Balaban J connectivity index is 2.61. The second kappa shape index (κ2) is 5.05. The van der Waals surface area contributed by atoms with Crippen LogP contribution in [0.25, 0.3) is 5.57 Å². The molecule has 0 heterocycles. The lowest BCUT2D eigenvalue weighted by molar-refractivity contribution is 0.206. The summed E-state index contributed by atoms with van der Waals surface area (Å²) in [6.07, 6.45) is 0.859. The van der Waals surface area contributed by atoms with Gasteiger partial charge in [-0.25, -0.2) is 0 Å². The van der Waals surface area contributed by atoms with Crippen molar-refractivity contribution in [3.63, 3.8) is 0 Å². The van der Waals surface area contributed by atoms with Crippen LogP contribution in [-0.2, 0) is 4.74 Å². The van der Waals surface area contributed by atoms with Gasteiger partial charge in [-0.1, -0.05) is 30.3 Å². The van der Waals surface area contributed by atoms with Gasteiger partial charge in [0.25, 0.3) is 0 Å². The van der Waals surface area contributed by atoms with Crippen LogP contribution in [0.2, 0.25) is 5.02 Å². The summed E-state index contributed by atoms with van der Waals surface area (Å²) in [7, 11) is 1.69. The normalized spacial score (nSPS) is 10.0. The minimum Gasteiger partial charge on any atom is -0.384 e. The van der Waals surface area contributed by atoms with Gasteiger partial charge in [-0.3, -0.25) is 0 Å². The molecule has 0 radical (unpaired) electrons. The van der Waals surface area contributed by atoms with Gasteiger partial charge in [0.2, 0.25) is 0 Å². The van der Waals surface area contributed by atoms with Crippen LogP contribution >= 0.6 is 11.6 Å². The molecule has 0 aromatic heterocycles. The molecule has 0 aliphatic heterocycles. The van der Waals surface area contributed by atoms with Crippen molar-refractivity contribution < 1.29 is 4.74 Å². The summed E-state index contributed by atoms with van der Waals surface area (Å²) in [6.45, 7) is 4.68. The van der Waals surface area contributed by atoms with Crippen LogP contribution in [0, 0.1) is 0 Å². The number of hydrogen-bond acceptors (Lipinski definition) is 1. The molecule has 1 aromatic rings. The first-order valence-corrected chi connectivity index (χ1v) is 4.54. The highest BCUT2D eigenvalue weighted by atomic mass is 35.5. The van der Waals surface area contributed by atoms with Crippen molar-refractivity contribution in [3.8, 4) is 0 Å². The van der Waals surface area contributed by atoms with Crippen molar-refractivity contribution in [1.29, 1.82) is 0 Å². The molecular weight excluding hydrogens is 184 g/mol. The van der Waals surface area contributed by atoms with Gasteiger partial charge in [-0.05, 0) is 29.7 Å². The Morgan fingerprint density at radius 1 is 1.38 bits per heavy atom. The highest BCUT2D eigenvalue weighted by Crippen LogP contribution is 2.18. The molecule has 1 aromatic carbocycles. The predicted octanol–water partition coefficient (Wildman–Crippen LogP) is 3.39. The quantitative estimate of drug-likeness (QED) is 0.718. The van der Waals surface area contributed by atoms with Gasteiger partial charge in [-0.15, -0.1) is 0 Å². The Hall–Kier alpha value is -0.790. The first kappa shape index (κ1) is 10.3. The lowest BCUT2D eigenvalue weighted by atomic mass is 10.1. The van der Waals surface area contributed by atoms with E-state index in [1.807, 2.05) is 24.3 Å². The maximum Gasteiger partial charge on any atom is 0.0502 e. The van der Waals surface area contributed by atoms with E-state index < -0.39 is 0 Å². The average molecular weight is 197 g/mol. The van der Waals surface area contributed by atoms with Crippen molar-refractivity contribution in [1.82, 2.24) is 0 Å². The second-order valence-corrected chi connectivity index (χ2v) is 3.29. The van der Waals surface area contributed by atoms with Crippen LogP contribution in [-0.4, -0.2) is 13.7 Å². The van der Waals surface area contributed by atoms with E-state index in [0.717, 1.165) is 22.6 Å². The molecule has 0 bridgehead atoms. The minimum absolute atomic E-state index is 0.710. The van der Waals surface area contributed by atoms with Gasteiger partial charge in [0.1, 0.15) is 0 Å². The minimum atomic E-state index is 0.710. The fourth-order valence-electron chi connectivity index (χ4n) is 1.06. The van der Waals surface area contributed by atoms with Crippen molar-refractivity contribution in [2.75, 3.05) is 13.7 Å². The molecule has 13 heavy (non-hydrogen) atoms. The van der Waals surface area contributed by atoms with E-state index in [2.05, 4.69) is 6.58 Å². The Bertz CT molecular complexity index is 277. The van der Waals surface area contributed by atoms with E-state index in [1.165, 1.54) is 0 Å². The molecule has 1 nitrogen and oxygen atoms in total. The van der Waals surface area contributed by atoms with E-state index in [9.17, 15) is 0 Å². The number of hydrogen-bond donors (Lipinski definition) is 0. The van der Waals surface area contributed by atoms with E-state index >= 15 is 0 Å². The molecular formula is C11H13ClO. The molecule has 0 N–H and O–H groups in total. The molecule has 0 unspecified atom stereocenters. The molecule has 0 saturated heterocycles. The number of ether oxygens (including phenoxy) is 1. The van der Waals surface area contributed by atoms with Gasteiger partial charge < -0.3 is 4.74 Å². The van der Waals surface area contributed by atoms with Gasteiger partial charge in [0.15, 0.2) is 0 Å². The number of benzene rings is 1. The molecule has 0 spiro atoms. The van der Waals surface area contributed by atoms with Gasteiger partial charge in [0.05, 0.1) is 6.61 Å². The zero-order valence-electron chi connectivity index (χ0n) is 7.72. The van der Waals surface area contributed by atoms with E-state index in [4.69, 9.17) is 16.3 Å². The number of methoxy groups -OCH3 is 1. The summed E-state index contributed by atoms with van der Waals surface area (Å²) in [6, 6.07) is 7.68. The number of rotatable bonds is 4. The molecule has 0 saturated carbocycles. The van der Waals surface area contributed by atoms with Crippen LogP contribution in [0.4, 0.5) is 0 Å². The Morgan fingerprint density at radius 3 is 2.54 bits per heavy atom. The second-order valence-electron chi connectivity index (χ2n) is 2.85. The third-order valence-electron chi connectivity index (χ3n) is 1.86. The van der Waals surface area contributed by atoms with Crippen LogP contribution in [0.3, 0.4) is 0 Å². The molecule has 0 amide bonds. The topological polar surface area (TPSA) is 9.23 Å². The summed E-state index contributed by atoms with van der Waals surface area (Å²) in [5.41, 5.74) is 2.21. The van der Waals surface area contributed by atoms with Crippen molar-refractivity contribution in [2.24, 2.45) is 0 Å². The summed E-state index contributed by atoms with van der Waals surface area (Å²) in [4.78, 5) is 0. The van der Waals surface area contributed by atoms with Crippen LogP contribution in [0.15, 0.2) is 30.8 Å². The maximum atomic E-state index is 5.77. The molecule has 0 fully saturated rings. The molecule has 70 valence electrons. The van der Waals surface area contributed by atoms with Crippen LogP contribution < -0.4 is 0 Å².